The molecule has 10 heteroatoms. The van der Waals surface area contributed by atoms with Gasteiger partial charge in [-0.2, -0.15) is 13.2 Å². The van der Waals surface area contributed by atoms with Gasteiger partial charge < -0.3 is 20.5 Å². The molecule has 0 heterocycles. The van der Waals surface area contributed by atoms with E-state index >= 15 is 0 Å². The molecule has 34 heavy (non-hydrogen) atoms. The fourth-order valence-corrected chi connectivity index (χ4v) is 4.32. The van der Waals surface area contributed by atoms with E-state index in [1.165, 1.54) is 0 Å². The highest BCUT2D eigenvalue weighted by Gasteiger charge is 2.47. The number of carbonyl (C=O) groups excluding carboxylic acids is 2. The number of hydrogen-bond donors (Lipinski definition) is 3. The first-order valence-electron chi connectivity index (χ1n) is 10.8. The van der Waals surface area contributed by atoms with Gasteiger partial charge >= 0.3 is 18.2 Å². The van der Waals surface area contributed by atoms with Crippen LogP contribution in [0.3, 0.4) is 0 Å². The van der Waals surface area contributed by atoms with Crippen LogP contribution in [0.4, 0.5) is 18.0 Å². The lowest BCUT2D eigenvalue weighted by atomic mass is 9.98. The Kier molecular flexibility index (Phi) is 6.49. The molecule has 1 unspecified atom stereocenters. The molecule has 0 aromatic heterocycles. The summed E-state index contributed by atoms with van der Waals surface area (Å²) in [7, 11) is 0. The fourth-order valence-electron chi connectivity index (χ4n) is 4.32. The summed E-state index contributed by atoms with van der Waals surface area (Å²) >= 11 is 0. The van der Waals surface area contributed by atoms with Crippen molar-refractivity contribution in [3.8, 4) is 11.1 Å². The lowest BCUT2D eigenvalue weighted by Gasteiger charge is -2.20. The molecule has 0 saturated heterocycles. The van der Waals surface area contributed by atoms with Gasteiger partial charge in [0.15, 0.2) is 5.92 Å². The fraction of sp³-hybridized carbons (Fsp3) is 0.375. The number of nitrogens with one attached hydrogen (secondary N) is 2. The molecule has 2 aromatic carbocycles. The molecule has 2 amide bonds. The van der Waals surface area contributed by atoms with Crippen molar-refractivity contribution in [1.82, 2.24) is 10.6 Å². The zero-order valence-corrected chi connectivity index (χ0v) is 18.0. The van der Waals surface area contributed by atoms with Crippen LogP contribution in [-0.4, -0.2) is 48.9 Å². The third-order valence-electron chi connectivity index (χ3n) is 6.28. The van der Waals surface area contributed by atoms with Crippen molar-refractivity contribution >= 4 is 18.0 Å². The summed E-state index contributed by atoms with van der Waals surface area (Å²) in [5, 5.41) is 13.0. The third kappa shape index (κ3) is 5.00. The molecular weight excluding hydrogens is 453 g/mol. The van der Waals surface area contributed by atoms with Gasteiger partial charge in [-0.3, -0.25) is 9.59 Å². The first kappa shape index (κ1) is 23.6. The Bertz CT molecular complexity index is 1060. The van der Waals surface area contributed by atoms with Crippen LogP contribution in [-0.2, 0) is 14.3 Å². The van der Waals surface area contributed by atoms with Crippen molar-refractivity contribution in [3.63, 3.8) is 0 Å². The number of rotatable bonds is 8. The quantitative estimate of drug-likeness (QED) is 0.541. The van der Waals surface area contributed by atoms with Crippen LogP contribution in [0.1, 0.15) is 23.5 Å². The number of carboxylic acid groups (broad SMARTS) is 1. The Hall–Kier alpha value is -3.56. The average molecular weight is 476 g/mol. The highest BCUT2D eigenvalue weighted by Crippen LogP contribution is 2.44. The number of aliphatic carboxylic acids is 1. The minimum Gasteiger partial charge on any atom is -0.481 e. The average Bonchev–Trinajstić information content (AvgIpc) is 3.51. The van der Waals surface area contributed by atoms with E-state index in [1.807, 2.05) is 53.8 Å². The number of alkyl carbamates (subject to hydrolysis) is 1. The van der Waals surface area contributed by atoms with Gasteiger partial charge in [-0.15, -0.1) is 0 Å². The van der Waals surface area contributed by atoms with Gasteiger partial charge in [0.2, 0.25) is 5.91 Å². The van der Waals surface area contributed by atoms with Crippen molar-refractivity contribution in [1.29, 1.82) is 0 Å². The molecule has 2 aliphatic carbocycles. The lowest BCUT2D eigenvalue weighted by molar-refractivity contribution is -0.181. The number of halogens is 3. The van der Waals surface area contributed by atoms with E-state index in [0.29, 0.717) is 6.42 Å². The molecule has 7 nitrogen and oxygen atoms in total. The largest absolute Gasteiger partial charge is 0.481 e. The molecule has 0 aliphatic heterocycles. The maximum atomic E-state index is 13.4. The summed E-state index contributed by atoms with van der Waals surface area (Å²) in [4.78, 5) is 35.1. The number of benzene rings is 2. The van der Waals surface area contributed by atoms with Gasteiger partial charge in [0.05, 0.1) is 5.92 Å². The smallest absolute Gasteiger partial charge is 0.407 e. The van der Waals surface area contributed by atoms with Crippen LogP contribution in [0.15, 0.2) is 48.5 Å². The zero-order chi connectivity index (χ0) is 24.5. The summed E-state index contributed by atoms with van der Waals surface area (Å²) in [5.74, 6) is -6.12. The van der Waals surface area contributed by atoms with E-state index in [4.69, 9.17) is 9.84 Å². The summed E-state index contributed by atoms with van der Waals surface area (Å²) in [6.07, 6.45) is -5.64. The SMILES string of the molecule is O=C(NCC(C(=O)NC[C@H]1C[C@H]1C(=O)O)C(F)(F)F)OCC1c2ccccc2-c2ccccc21. The molecule has 0 bridgehead atoms. The molecule has 1 saturated carbocycles. The van der Waals surface area contributed by atoms with E-state index in [-0.39, 0.29) is 25.0 Å². The lowest BCUT2D eigenvalue weighted by Crippen LogP contribution is -2.46. The van der Waals surface area contributed by atoms with Gasteiger partial charge in [0.1, 0.15) is 6.61 Å². The van der Waals surface area contributed by atoms with Gasteiger partial charge in [-0.05, 0) is 34.6 Å². The molecule has 2 aromatic rings. The Morgan fingerprint density at radius 3 is 2.12 bits per heavy atom. The van der Waals surface area contributed by atoms with E-state index in [0.717, 1.165) is 22.3 Å². The van der Waals surface area contributed by atoms with Gasteiger partial charge in [-0.25, -0.2) is 4.79 Å². The second-order valence-electron chi connectivity index (χ2n) is 8.49. The minimum atomic E-state index is -4.89. The van der Waals surface area contributed by atoms with E-state index in [2.05, 4.69) is 5.32 Å². The summed E-state index contributed by atoms with van der Waals surface area (Å²) in [5.41, 5.74) is 3.95. The molecule has 0 radical (unpaired) electrons. The number of hydrogen-bond acceptors (Lipinski definition) is 4. The van der Waals surface area contributed by atoms with Crippen LogP contribution in [0.25, 0.3) is 11.1 Å². The van der Waals surface area contributed by atoms with E-state index in [9.17, 15) is 27.6 Å². The predicted octanol–water partition coefficient (Wildman–Crippen LogP) is 3.54. The monoisotopic (exact) mass is 476 g/mol. The molecule has 180 valence electrons. The van der Waals surface area contributed by atoms with Crippen LogP contribution in [0.5, 0.6) is 0 Å². The Morgan fingerprint density at radius 2 is 1.59 bits per heavy atom. The van der Waals surface area contributed by atoms with Crippen LogP contribution < -0.4 is 10.6 Å². The number of ether oxygens (including phenoxy) is 1. The van der Waals surface area contributed by atoms with Gasteiger partial charge in [0, 0.05) is 19.0 Å². The van der Waals surface area contributed by atoms with Crippen LogP contribution in [0.2, 0.25) is 0 Å². The maximum absolute atomic E-state index is 13.4. The first-order valence-corrected chi connectivity index (χ1v) is 10.8. The molecule has 4 rings (SSSR count). The van der Waals surface area contributed by atoms with E-state index in [1.54, 1.807) is 0 Å². The summed E-state index contributed by atoms with van der Waals surface area (Å²) in [6.45, 7) is -1.21. The molecule has 2 aliphatic rings. The normalized spacial score (nSPS) is 19.5. The number of carbonyl (C=O) groups is 3. The molecule has 3 atom stereocenters. The first-order chi connectivity index (χ1) is 16.2. The third-order valence-corrected chi connectivity index (χ3v) is 6.28. The zero-order valence-electron chi connectivity index (χ0n) is 18.0. The van der Waals surface area contributed by atoms with Crippen molar-refractivity contribution in [2.45, 2.75) is 18.5 Å². The summed E-state index contributed by atoms with van der Waals surface area (Å²) in [6, 6.07) is 15.3. The van der Waals surface area contributed by atoms with Gasteiger partial charge in [-0.1, -0.05) is 48.5 Å². The van der Waals surface area contributed by atoms with Crippen LogP contribution >= 0.6 is 0 Å². The molecular formula is C24H23F3N2O5. The van der Waals surface area contributed by atoms with Crippen molar-refractivity contribution in [2.24, 2.45) is 17.8 Å². The predicted molar refractivity (Wildman–Crippen MR) is 115 cm³/mol. The van der Waals surface area contributed by atoms with Crippen molar-refractivity contribution < 1.29 is 37.4 Å². The molecule has 3 N–H and O–H groups in total. The number of amides is 2. The Balaban J connectivity index is 1.31. The Morgan fingerprint density at radius 1 is 1.00 bits per heavy atom. The molecule has 0 spiro atoms. The Labute approximate surface area is 193 Å². The van der Waals surface area contributed by atoms with Crippen LogP contribution in [0, 0.1) is 17.8 Å². The topological polar surface area (TPSA) is 105 Å². The van der Waals surface area contributed by atoms with Crippen molar-refractivity contribution in [2.75, 3.05) is 19.7 Å². The van der Waals surface area contributed by atoms with Crippen molar-refractivity contribution in [3.05, 3.63) is 59.7 Å². The standard InChI is InChI=1S/C24H23F3N2O5/c25-24(26,27)20(21(30)28-10-13-9-18(13)22(31)32)11-29-23(33)34-12-19-16-7-3-1-5-14(16)15-6-2-4-8-17(15)19/h1-8,13,18-20H,9-12H2,(H,28,30)(H,29,33)(H,31,32)/t13-,18-,20?/m1/s1. The highest BCUT2D eigenvalue weighted by atomic mass is 19.4. The number of fused-ring (bicyclic) bond motifs is 3. The second-order valence-corrected chi connectivity index (χ2v) is 8.49. The number of carboxylic acids is 1. The highest BCUT2D eigenvalue weighted by molar-refractivity contribution is 5.81. The van der Waals surface area contributed by atoms with Gasteiger partial charge in [0.25, 0.3) is 0 Å². The minimum absolute atomic E-state index is 0.0685. The number of alkyl halides is 3. The van der Waals surface area contributed by atoms with E-state index < -0.39 is 42.5 Å². The second kappa shape index (κ2) is 9.36. The molecule has 1 fully saturated rings. The maximum Gasteiger partial charge on any atom is 0.407 e. The summed E-state index contributed by atoms with van der Waals surface area (Å²) < 4.78 is 45.4.